The highest BCUT2D eigenvalue weighted by Crippen LogP contribution is 2.34. The van der Waals surface area contributed by atoms with Crippen molar-refractivity contribution in [3.63, 3.8) is 0 Å². The second kappa shape index (κ2) is 20.1. The fraction of sp³-hybridized carbons (Fsp3) is 0.429. The van der Waals surface area contributed by atoms with E-state index in [0.717, 1.165) is 58.4 Å². The first-order valence-corrected chi connectivity index (χ1v) is 23.3. The smallest absolute Gasteiger partial charge is 0.246 e. The minimum atomic E-state index is -1.05. The summed E-state index contributed by atoms with van der Waals surface area (Å²) in [5, 5.41) is 17.3. The van der Waals surface area contributed by atoms with E-state index in [1.165, 1.54) is 4.90 Å². The zero-order valence-corrected chi connectivity index (χ0v) is 36.3. The Morgan fingerprint density at radius 3 is 2.22 bits per heavy atom. The summed E-state index contributed by atoms with van der Waals surface area (Å²) in [5.74, 6) is -0.905. The first kappa shape index (κ1) is 43.7. The van der Waals surface area contributed by atoms with Crippen LogP contribution in [0.4, 0.5) is 0 Å². The Morgan fingerprint density at radius 1 is 0.762 bits per heavy atom. The molecule has 0 aliphatic carbocycles. The van der Waals surface area contributed by atoms with Gasteiger partial charge >= 0.3 is 0 Å². The average Bonchev–Trinajstić information content (AvgIpc) is 4.08. The lowest BCUT2D eigenvalue weighted by molar-refractivity contribution is -0.143. The summed E-state index contributed by atoms with van der Waals surface area (Å²) in [6.07, 6.45) is 5.60. The van der Waals surface area contributed by atoms with Crippen molar-refractivity contribution in [1.29, 1.82) is 0 Å². The van der Waals surface area contributed by atoms with Crippen molar-refractivity contribution < 1.29 is 28.8 Å². The van der Waals surface area contributed by atoms with E-state index in [2.05, 4.69) is 38.1 Å². The minimum Gasteiger partial charge on any atom is -0.367 e. The number of hydrogen-bond donors (Lipinski definition) is 6. The van der Waals surface area contributed by atoms with Crippen LogP contribution in [-0.2, 0) is 48.0 Å². The number of fused-ring (bicyclic) bond motifs is 3. The van der Waals surface area contributed by atoms with E-state index in [1.54, 1.807) is 0 Å². The van der Waals surface area contributed by atoms with E-state index >= 15 is 0 Å². The molecule has 6 N–H and O–H groups in total. The first-order valence-electron chi connectivity index (χ1n) is 22.3. The zero-order chi connectivity index (χ0) is 43.9. The molecule has 4 aromatic rings. The lowest BCUT2D eigenvalue weighted by atomic mass is 9.88. The molecule has 4 aliphatic heterocycles. The van der Waals surface area contributed by atoms with Crippen LogP contribution in [0.25, 0.3) is 10.9 Å². The molecule has 0 bridgehead atoms. The highest BCUT2D eigenvalue weighted by atomic mass is 32.2. The van der Waals surface area contributed by atoms with Crippen molar-refractivity contribution in [3.8, 4) is 0 Å². The maximum atomic E-state index is 14.8. The van der Waals surface area contributed by atoms with E-state index in [1.807, 2.05) is 103 Å². The number of nitrogens with zero attached hydrogens (tertiary/aromatic N) is 1. The number of thioether (sulfide) groups is 1. The summed E-state index contributed by atoms with van der Waals surface area (Å²) in [6.45, 7) is 4.01. The molecule has 4 amide bonds. The summed E-state index contributed by atoms with van der Waals surface area (Å²) in [5.41, 5.74) is 3.41. The number of rotatable bonds is 15. The SMILES string of the molecule is C=C1N[C@H]2[C@H](CS[C@H]2CCCCC(=O)CCC(=O)N[C@@H]2C[C@@H]3C(=O)N[C@@H](Cc4ccccc4)C(=O)C[C@H](Cc4c[nH]c5ccccc45)C(=O)N[C@@H](Cc4ccccc4)C(=O)N3C2)N1. The van der Waals surface area contributed by atoms with Crippen molar-refractivity contribution in [2.45, 2.75) is 112 Å². The second-order valence-electron chi connectivity index (χ2n) is 17.5. The van der Waals surface area contributed by atoms with Crippen molar-refractivity contribution in [2.24, 2.45) is 5.92 Å². The van der Waals surface area contributed by atoms with E-state index in [4.69, 9.17) is 0 Å². The monoisotopic (exact) mass is 871 g/mol. The third-order valence-electron chi connectivity index (χ3n) is 12.9. The molecule has 4 aliphatic rings. The van der Waals surface area contributed by atoms with Gasteiger partial charge in [0, 0.05) is 78.7 Å². The maximum Gasteiger partial charge on any atom is 0.246 e. The summed E-state index contributed by atoms with van der Waals surface area (Å²) >= 11 is 1.95. The molecule has 4 fully saturated rings. The number of benzene rings is 3. The molecule has 5 heterocycles. The van der Waals surface area contributed by atoms with Crippen LogP contribution in [0.3, 0.4) is 0 Å². The Kier molecular flexibility index (Phi) is 13.9. The third kappa shape index (κ3) is 10.8. The van der Waals surface area contributed by atoms with Crippen LogP contribution in [0.2, 0.25) is 0 Å². The molecule has 8 atom stereocenters. The summed E-state index contributed by atoms with van der Waals surface area (Å²) in [6, 6.07) is 23.6. The predicted octanol–water partition coefficient (Wildman–Crippen LogP) is 4.27. The van der Waals surface area contributed by atoms with Crippen LogP contribution in [0.5, 0.6) is 0 Å². The number of carbonyl (C=O) groups is 6. The molecule has 0 spiro atoms. The third-order valence-corrected chi connectivity index (χ3v) is 14.5. The highest BCUT2D eigenvalue weighted by Gasteiger charge is 2.45. The number of unbranched alkanes of at least 4 members (excludes halogenated alkanes) is 1. The molecule has 0 radical (unpaired) electrons. The Hall–Kier alpha value is -5.89. The Bertz CT molecular complexity index is 2320. The molecule has 0 unspecified atom stereocenters. The average molecular weight is 872 g/mol. The Morgan fingerprint density at radius 2 is 1.46 bits per heavy atom. The van der Waals surface area contributed by atoms with Gasteiger partial charge in [-0.3, -0.25) is 28.8 Å². The van der Waals surface area contributed by atoms with Crippen LogP contribution in [0.15, 0.2) is 104 Å². The first-order chi connectivity index (χ1) is 30.6. The molecule has 8 rings (SSSR count). The van der Waals surface area contributed by atoms with Gasteiger partial charge in [-0.15, -0.1) is 0 Å². The lowest BCUT2D eigenvalue weighted by Gasteiger charge is -2.32. The normalized spacial score (nSPS) is 26.2. The van der Waals surface area contributed by atoms with Crippen LogP contribution in [0.1, 0.15) is 68.1 Å². The quantitative estimate of drug-likeness (QED) is 0.0952. The lowest BCUT2D eigenvalue weighted by Crippen LogP contribution is -2.58. The Balaban J connectivity index is 0.964. The zero-order valence-electron chi connectivity index (χ0n) is 35.5. The number of ketones is 2. The molecule has 63 heavy (non-hydrogen) atoms. The molecule has 1 aromatic heterocycles. The molecule has 0 saturated carbocycles. The molecular formula is C49H57N7O6S. The van der Waals surface area contributed by atoms with Gasteiger partial charge in [0.1, 0.15) is 17.9 Å². The fourth-order valence-electron chi connectivity index (χ4n) is 9.64. The van der Waals surface area contributed by atoms with Crippen LogP contribution in [-0.4, -0.2) is 98.9 Å². The number of aromatic nitrogens is 1. The van der Waals surface area contributed by atoms with Gasteiger partial charge in [-0.05, 0) is 54.9 Å². The highest BCUT2D eigenvalue weighted by molar-refractivity contribution is 8.00. The van der Waals surface area contributed by atoms with Crippen molar-refractivity contribution in [1.82, 2.24) is 36.5 Å². The standard InChI is InChI=1S/C49H57N7O6S/c1-30-51-41-29-63-44(46(41)52-30)19-11-8-16-36(57)20-21-45(59)53-35-26-42-48(61)54-39(22-31-12-4-2-5-13-31)43(58)25-33(24-34-27-50-38-18-10-9-17-37(34)38)47(60)55-40(49(62)56(42)28-35)23-32-14-6-3-7-15-32/h2-7,9-10,12-15,17-18,27,33,35,39-42,44,46,50-52H,1,8,11,16,19-26,28-29H2,(H,53,59)(H,54,61)(H,55,60)/t33-,35+,39-,40-,41-,42+,44-,46-/m0/s1. The van der Waals surface area contributed by atoms with Gasteiger partial charge in [-0.1, -0.05) is 91.9 Å². The van der Waals surface area contributed by atoms with E-state index < -0.39 is 47.8 Å². The summed E-state index contributed by atoms with van der Waals surface area (Å²) in [4.78, 5) is 89.1. The summed E-state index contributed by atoms with van der Waals surface area (Å²) in [7, 11) is 0. The van der Waals surface area contributed by atoms with Crippen LogP contribution >= 0.6 is 11.8 Å². The number of Topliss-reactive ketones (excluding diaryl/α,β-unsaturated/α-hetero) is 2. The van der Waals surface area contributed by atoms with Crippen LogP contribution < -0.4 is 26.6 Å². The van der Waals surface area contributed by atoms with Gasteiger partial charge in [0.2, 0.25) is 23.6 Å². The maximum absolute atomic E-state index is 14.8. The van der Waals surface area contributed by atoms with E-state index in [-0.39, 0.29) is 69.0 Å². The number of aromatic amines is 1. The van der Waals surface area contributed by atoms with Crippen molar-refractivity contribution in [2.75, 3.05) is 12.3 Å². The van der Waals surface area contributed by atoms with Gasteiger partial charge in [0.05, 0.1) is 23.9 Å². The number of para-hydroxylation sites is 1. The van der Waals surface area contributed by atoms with Crippen LogP contribution in [0, 0.1) is 5.92 Å². The van der Waals surface area contributed by atoms with Gasteiger partial charge in [-0.25, -0.2) is 0 Å². The number of nitrogens with one attached hydrogen (secondary N) is 6. The molecular weight excluding hydrogens is 815 g/mol. The molecule has 3 aromatic carbocycles. The van der Waals surface area contributed by atoms with Gasteiger partial charge in [0.15, 0.2) is 5.78 Å². The summed E-state index contributed by atoms with van der Waals surface area (Å²) < 4.78 is 0. The number of carbonyl (C=O) groups excluding carboxylic acids is 6. The van der Waals surface area contributed by atoms with Crippen molar-refractivity contribution >= 4 is 57.9 Å². The van der Waals surface area contributed by atoms with Gasteiger partial charge < -0.3 is 36.5 Å². The molecule has 13 nitrogen and oxygen atoms in total. The predicted molar refractivity (Wildman–Crippen MR) is 243 cm³/mol. The van der Waals surface area contributed by atoms with E-state index in [0.29, 0.717) is 23.8 Å². The van der Waals surface area contributed by atoms with Gasteiger partial charge in [-0.2, -0.15) is 11.8 Å². The fourth-order valence-corrected chi connectivity index (χ4v) is 11.2. The molecule has 330 valence electrons. The molecule has 4 saturated heterocycles. The number of amides is 4. The van der Waals surface area contributed by atoms with E-state index in [9.17, 15) is 28.8 Å². The minimum absolute atomic E-state index is 0.00175. The number of hydrogen-bond acceptors (Lipinski definition) is 9. The van der Waals surface area contributed by atoms with Crippen molar-refractivity contribution in [3.05, 3.63) is 120 Å². The Labute approximate surface area is 372 Å². The largest absolute Gasteiger partial charge is 0.367 e. The molecule has 14 heteroatoms. The topological polar surface area (TPSA) is 182 Å². The number of H-pyrrole nitrogens is 1. The van der Waals surface area contributed by atoms with Gasteiger partial charge in [0.25, 0.3) is 0 Å². The second-order valence-corrected chi connectivity index (χ2v) is 18.8.